The van der Waals surface area contributed by atoms with Crippen LogP contribution in [0.2, 0.25) is 5.02 Å². The highest BCUT2D eigenvalue weighted by atomic mass is 35.5. The Hall–Kier alpha value is -3.37. The van der Waals surface area contributed by atoms with Gasteiger partial charge >= 0.3 is 0 Å². The van der Waals surface area contributed by atoms with Crippen molar-refractivity contribution < 1.29 is 9.59 Å². The predicted molar refractivity (Wildman–Crippen MR) is 133 cm³/mol. The zero-order chi connectivity index (χ0) is 23.2. The molecule has 5 heteroatoms. The number of ketones is 1. The normalized spacial score (nSPS) is 19.3. The summed E-state index contributed by atoms with van der Waals surface area (Å²) in [4.78, 5) is 29.4. The van der Waals surface area contributed by atoms with Crippen LogP contribution in [0.5, 0.6) is 0 Å². The molecule has 166 valence electrons. The summed E-state index contributed by atoms with van der Waals surface area (Å²) in [5.41, 5.74) is 4.10. The molecule has 0 radical (unpaired) electrons. The molecule has 0 spiro atoms. The Labute approximate surface area is 198 Å². The van der Waals surface area contributed by atoms with Crippen molar-refractivity contribution in [2.75, 3.05) is 10.2 Å². The van der Waals surface area contributed by atoms with E-state index in [0.717, 1.165) is 22.6 Å². The van der Waals surface area contributed by atoms with E-state index in [1.165, 1.54) is 0 Å². The van der Waals surface area contributed by atoms with Crippen LogP contribution < -0.4 is 10.2 Å². The van der Waals surface area contributed by atoms with Gasteiger partial charge in [0.05, 0.1) is 17.4 Å². The standard InChI is InChI=1S/C28H25ClN2O2/c1-28(2)16-22-25(24(32)17-28)26(19-12-6-7-13-20(19)29)31(23-15-9-8-14-21(23)30-22)27(33)18-10-4-3-5-11-18/h3-15,26,30H,16-17H2,1-2H3/t26-/m1/s1. The van der Waals surface area contributed by atoms with Gasteiger partial charge in [-0.15, -0.1) is 0 Å². The number of halogens is 1. The minimum absolute atomic E-state index is 0.0392. The number of carbonyl (C=O) groups excluding carboxylic acids is 2. The molecule has 0 bridgehead atoms. The number of carbonyl (C=O) groups is 2. The zero-order valence-corrected chi connectivity index (χ0v) is 19.4. The highest BCUT2D eigenvalue weighted by molar-refractivity contribution is 6.31. The van der Waals surface area contributed by atoms with Gasteiger partial charge in [-0.2, -0.15) is 0 Å². The van der Waals surface area contributed by atoms with Crippen molar-refractivity contribution in [1.29, 1.82) is 0 Å². The average Bonchev–Trinajstić information content (AvgIpc) is 2.93. The Morgan fingerprint density at radius 2 is 1.61 bits per heavy atom. The molecule has 1 heterocycles. The second kappa shape index (κ2) is 8.20. The van der Waals surface area contributed by atoms with Crippen LogP contribution in [0, 0.1) is 5.41 Å². The number of nitrogens with zero attached hydrogens (tertiary/aromatic N) is 1. The van der Waals surface area contributed by atoms with E-state index >= 15 is 0 Å². The summed E-state index contributed by atoms with van der Waals surface area (Å²) in [7, 11) is 0. The molecular weight excluding hydrogens is 432 g/mol. The molecule has 1 aliphatic heterocycles. The van der Waals surface area contributed by atoms with Crippen LogP contribution in [0.1, 0.15) is 48.7 Å². The number of para-hydroxylation sites is 2. The molecule has 0 aromatic heterocycles. The van der Waals surface area contributed by atoms with Crippen molar-refractivity contribution in [3.63, 3.8) is 0 Å². The molecule has 1 amide bonds. The van der Waals surface area contributed by atoms with E-state index in [0.29, 0.717) is 29.0 Å². The van der Waals surface area contributed by atoms with Crippen LogP contribution in [0.25, 0.3) is 0 Å². The molecule has 0 saturated heterocycles. The van der Waals surface area contributed by atoms with Gasteiger partial charge in [-0.25, -0.2) is 0 Å². The molecule has 5 rings (SSSR count). The third-order valence-electron chi connectivity index (χ3n) is 6.34. The Bertz CT molecular complexity index is 1280. The first kappa shape index (κ1) is 21.5. The second-order valence-electron chi connectivity index (χ2n) is 9.44. The first-order valence-electron chi connectivity index (χ1n) is 11.1. The van der Waals surface area contributed by atoms with Crippen molar-refractivity contribution in [3.8, 4) is 0 Å². The van der Waals surface area contributed by atoms with Gasteiger partial charge in [-0.05, 0) is 47.7 Å². The van der Waals surface area contributed by atoms with Crippen LogP contribution >= 0.6 is 11.6 Å². The Morgan fingerprint density at radius 3 is 2.36 bits per heavy atom. The number of hydrogen-bond acceptors (Lipinski definition) is 3. The summed E-state index contributed by atoms with van der Waals surface area (Å²) in [6, 6.07) is 23.7. The minimum atomic E-state index is -0.638. The van der Waals surface area contributed by atoms with Crippen molar-refractivity contribution in [1.82, 2.24) is 0 Å². The quantitative estimate of drug-likeness (QED) is 0.461. The summed E-state index contributed by atoms with van der Waals surface area (Å²) >= 11 is 6.70. The highest BCUT2D eigenvalue weighted by Gasteiger charge is 2.43. The van der Waals surface area contributed by atoms with Crippen LogP contribution in [-0.2, 0) is 4.79 Å². The van der Waals surface area contributed by atoms with Crippen molar-refractivity contribution >= 4 is 34.7 Å². The van der Waals surface area contributed by atoms with Crippen LogP contribution in [0.3, 0.4) is 0 Å². The van der Waals surface area contributed by atoms with Crippen LogP contribution in [0.4, 0.5) is 11.4 Å². The molecule has 1 atom stereocenters. The molecular formula is C28H25ClN2O2. The van der Waals surface area contributed by atoms with E-state index in [1.54, 1.807) is 17.0 Å². The number of Topliss-reactive ketones (excluding diaryl/α,β-unsaturated/α-hetero) is 1. The fourth-order valence-corrected chi connectivity index (χ4v) is 5.16. The first-order chi connectivity index (χ1) is 15.9. The van der Waals surface area contributed by atoms with Crippen molar-refractivity contribution in [2.24, 2.45) is 5.41 Å². The third kappa shape index (κ3) is 3.85. The third-order valence-corrected chi connectivity index (χ3v) is 6.68. The molecule has 0 unspecified atom stereocenters. The van der Waals surface area contributed by atoms with Gasteiger partial charge in [0.15, 0.2) is 5.78 Å². The highest BCUT2D eigenvalue weighted by Crippen LogP contribution is 2.49. The molecule has 2 aliphatic rings. The number of nitrogens with one attached hydrogen (secondary N) is 1. The lowest BCUT2D eigenvalue weighted by molar-refractivity contribution is -0.118. The number of benzene rings is 3. The number of allylic oxidation sites excluding steroid dienone is 1. The summed E-state index contributed by atoms with van der Waals surface area (Å²) in [6.07, 6.45) is 1.12. The fourth-order valence-electron chi connectivity index (χ4n) is 4.92. The lowest BCUT2D eigenvalue weighted by atomic mass is 9.73. The average molecular weight is 457 g/mol. The summed E-state index contributed by atoms with van der Waals surface area (Å²) in [5.74, 6) is -0.140. The predicted octanol–water partition coefficient (Wildman–Crippen LogP) is 6.80. The fraction of sp³-hybridized carbons (Fsp3) is 0.214. The van der Waals surface area contributed by atoms with Crippen molar-refractivity contribution in [3.05, 3.63) is 106 Å². The van der Waals surface area contributed by atoms with Gasteiger partial charge < -0.3 is 5.32 Å². The maximum absolute atomic E-state index is 14.0. The van der Waals surface area contributed by atoms with E-state index < -0.39 is 6.04 Å². The maximum Gasteiger partial charge on any atom is 0.259 e. The Kier molecular flexibility index (Phi) is 5.34. The second-order valence-corrected chi connectivity index (χ2v) is 9.85. The maximum atomic E-state index is 14.0. The van der Waals surface area contributed by atoms with E-state index in [9.17, 15) is 9.59 Å². The molecule has 4 nitrogen and oxygen atoms in total. The number of anilines is 2. The van der Waals surface area contributed by atoms with Gasteiger partial charge in [0.25, 0.3) is 5.91 Å². The minimum Gasteiger partial charge on any atom is -0.357 e. The summed E-state index contributed by atoms with van der Waals surface area (Å²) in [5, 5.41) is 4.05. The van der Waals surface area contributed by atoms with Gasteiger partial charge in [0.2, 0.25) is 0 Å². The molecule has 0 saturated carbocycles. The Morgan fingerprint density at radius 1 is 0.939 bits per heavy atom. The summed E-state index contributed by atoms with van der Waals surface area (Å²) in [6.45, 7) is 4.20. The molecule has 1 aliphatic carbocycles. The molecule has 0 fully saturated rings. The number of hydrogen-bond donors (Lipinski definition) is 1. The van der Waals surface area contributed by atoms with E-state index in [1.807, 2.05) is 66.7 Å². The van der Waals surface area contributed by atoms with Crippen molar-refractivity contribution in [2.45, 2.75) is 32.7 Å². The van der Waals surface area contributed by atoms with Gasteiger partial charge in [0, 0.05) is 28.3 Å². The molecule has 1 N–H and O–H groups in total. The number of rotatable bonds is 2. The largest absolute Gasteiger partial charge is 0.357 e. The van der Waals surface area contributed by atoms with Crippen LogP contribution in [0.15, 0.2) is 90.1 Å². The topological polar surface area (TPSA) is 49.4 Å². The molecule has 33 heavy (non-hydrogen) atoms. The SMILES string of the molecule is CC1(C)CC(=O)C2=C(C1)Nc1ccccc1N(C(=O)c1ccccc1)[C@@H]2c1ccccc1Cl. The van der Waals surface area contributed by atoms with Crippen LogP contribution in [-0.4, -0.2) is 11.7 Å². The van der Waals surface area contributed by atoms with Gasteiger partial charge in [0.1, 0.15) is 0 Å². The molecule has 3 aromatic rings. The monoisotopic (exact) mass is 456 g/mol. The number of fused-ring (bicyclic) bond motifs is 1. The number of amides is 1. The first-order valence-corrected chi connectivity index (χ1v) is 11.5. The Balaban J connectivity index is 1.82. The van der Waals surface area contributed by atoms with E-state index in [-0.39, 0.29) is 17.1 Å². The van der Waals surface area contributed by atoms with Gasteiger partial charge in [-0.3, -0.25) is 14.5 Å². The zero-order valence-electron chi connectivity index (χ0n) is 18.6. The van der Waals surface area contributed by atoms with Gasteiger partial charge in [-0.1, -0.05) is 74.0 Å². The summed E-state index contributed by atoms with van der Waals surface area (Å²) < 4.78 is 0. The lowest BCUT2D eigenvalue weighted by Crippen LogP contribution is -2.39. The smallest absolute Gasteiger partial charge is 0.259 e. The van der Waals surface area contributed by atoms with E-state index in [2.05, 4.69) is 19.2 Å². The lowest BCUT2D eigenvalue weighted by Gasteiger charge is -2.37. The van der Waals surface area contributed by atoms with E-state index in [4.69, 9.17) is 11.6 Å². The molecule has 3 aromatic carbocycles.